The Morgan fingerprint density at radius 1 is 1.17 bits per heavy atom. The van der Waals surface area contributed by atoms with Gasteiger partial charge in [0.1, 0.15) is 0 Å². The van der Waals surface area contributed by atoms with Gasteiger partial charge in [-0.15, -0.1) is 0 Å². The SMILES string of the molecule is C=C(CCCCC(=[NH2+])OC)OC. The van der Waals surface area contributed by atoms with Crippen molar-refractivity contribution in [2.75, 3.05) is 14.2 Å². The molecule has 0 aromatic rings. The Bertz CT molecular complexity index is 137. The minimum atomic E-state index is 0.595. The number of ether oxygens (including phenoxy) is 2. The third kappa shape index (κ3) is 5.77. The van der Waals surface area contributed by atoms with Gasteiger partial charge in [0.2, 0.25) is 0 Å². The van der Waals surface area contributed by atoms with Crippen LogP contribution in [-0.2, 0) is 9.47 Å². The Morgan fingerprint density at radius 2 is 1.75 bits per heavy atom. The Morgan fingerprint density at radius 3 is 2.25 bits per heavy atom. The maximum atomic E-state index is 5.46. The van der Waals surface area contributed by atoms with Crippen LogP contribution < -0.4 is 5.41 Å². The van der Waals surface area contributed by atoms with Crippen LogP contribution in [0, 0.1) is 0 Å². The van der Waals surface area contributed by atoms with Crippen molar-refractivity contribution in [1.82, 2.24) is 0 Å². The van der Waals surface area contributed by atoms with Crippen molar-refractivity contribution in [2.24, 2.45) is 0 Å². The van der Waals surface area contributed by atoms with Crippen LogP contribution >= 0.6 is 0 Å². The second-order valence-corrected chi connectivity index (χ2v) is 2.62. The molecule has 0 atom stereocenters. The monoisotopic (exact) mass is 172 g/mol. The molecule has 0 spiro atoms. The summed E-state index contributed by atoms with van der Waals surface area (Å²) in [5, 5.41) is 5.46. The number of allylic oxidation sites excluding steroid dienone is 1. The molecule has 0 amide bonds. The average molecular weight is 172 g/mol. The highest BCUT2D eigenvalue weighted by Gasteiger charge is 2.01. The Kier molecular flexibility index (Phi) is 6.15. The normalized spacial score (nSPS) is 9.17. The van der Waals surface area contributed by atoms with E-state index in [1.165, 1.54) is 0 Å². The molecule has 0 aromatic carbocycles. The molecule has 0 radical (unpaired) electrons. The van der Waals surface area contributed by atoms with Gasteiger partial charge in [0.25, 0.3) is 0 Å². The quantitative estimate of drug-likeness (QED) is 0.274. The lowest BCUT2D eigenvalue weighted by atomic mass is 10.2. The molecular formula is C9H18NO2+. The zero-order valence-electron chi connectivity index (χ0n) is 7.93. The van der Waals surface area contributed by atoms with Crippen molar-refractivity contribution < 1.29 is 14.9 Å². The average Bonchev–Trinajstić information content (AvgIpc) is 2.11. The zero-order chi connectivity index (χ0) is 9.40. The first-order chi connectivity index (χ1) is 5.70. The lowest BCUT2D eigenvalue weighted by Crippen LogP contribution is -2.40. The molecule has 0 rings (SSSR count). The fourth-order valence-corrected chi connectivity index (χ4v) is 0.826. The number of hydrogen-bond donors (Lipinski definition) is 1. The smallest absolute Gasteiger partial charge is 0.332 e. The molecule has 2 N–H and O–H groups in total. The van der Waals surface area contributed by atoms with Gasteiger partial charge in [-0.2, -0.15) is 0 Å². The molecule has 0 bridgehead atoms. The van der Waals surface area contributed by atoms with Crippen LogP contribution in [0.5, 0.6) is 0 Å². The minimum absolute atomic E-state index is 0.595. The second kappa shape index (κ2) is 6.70. The molecule has 0 saturated heterocycles. The molecule has 0 aliphatic carbocycles. The fourth-order valence-electron chi connectivity index (χ4n) is 0.826. The van der Waals surface area contributed by atoms with Gasteiger partial charge < -0.3 is 9.47 Å². The highest BCUT2D eigenvalue weighted by Crippen LogP contribution is 2.06. The third-order valence-electron chi connectivity index (χ3n) is 1.68. The van der Waals surface area contributed by atoms with E-state index < -0.39 is 0 Å². The van der Waals surface area contributed by atoms with E-state index in [-0.39, 0.29) is 0 Å². The molecule has 0 fully saturated rings. The van der Waals surface area contributed by atoms with Crippen LogP contribution in [0.4, 0.5) is 0 Å². The molecule has 0 unspecified atom stereocenters. The van der Waals surface area contributed by atoms with Crippen molar-refractivity contribution >= 4 is 5.90 Å². The molecule has 0 aliphatic rings. The van der Waals surface area contributed by atoms with Crippen LogP contribution in [0.3, 0.4) is 0 Å². The van der Waals surface area contributed by atoms with E-state index in [0.29, 0.717) is 5.90 Å². The molecule has 0 saturated carbocycles. The standard InChI is InChI=1S/C9H17NO2/c1-8(11-2)6-4-5-7-9(10)12-3/h10H,1,4-7H2,2-3H3/p+1. The van der Waals surface area contributed by atoms with Crippen LogP contribution in [0.25, 0.3) is 0 Å². The predicted molar refractivity (Wildman–Crippen MR) is 48.6 cm³/mol. The van der Waals surface area contributed by atoms with Gasteiger partial charge in [-0.3, -0.25) is 0 Å². The summed E-state index contributed by atoms with van der Waals surface area (Å²) in [5.74, 6) is 1.42. The van der Waals surface area contributed by atoms with Gasteiger partial charge in [0, 0.05) is 6.42 Å². The molecule has 70 valence electrons. The summed E-state index contributed by atoms with van der Waals surface area (Å²) >= 11 is 0. The molecule has 0 aromatic heterocycles. The van der Waals surface area contributed by atoms with E-state index >= 15 is 0 Å². The summed E-state index contributed by atoms with van der Waals surface area (Å²) in [6, 6.07) is 0. The van der Waals surface area contributed by atoms with Crippen molar-refractivity contribution in [3.8, 4) is 0 Å². The van der Waals surface area contributed by atoms with E-state index in [0.717, 1.165) is 31.4 Å². The fraction of sp³-hybridized carbons (Fsp3) is 0.667. The topological polar surface area (TPSA) is 44.0 Å². The number of rotatable bonds is 6. The molecule has 0 aliphatic heterocycles. The summed E-state index contributed by atoms with van der Waals surface area (Å²) in [4.78, 5) is 0. The number of unbranched alkanes of at least 4 members (excludes halogenated alkanes) is 1. The summed E-state index contributed by atoms with van der Waals surface area (Å²) in [6.45, 7) is 3.72. The molecule has 12 heavy (non-hydrogen) atoms. The van der Waals surface area contributed by atoms with Gasteiger partial charge in [-0.1, -0.05) is 6.58 Å². The van der Waals surface area contributed by atoms with Crippen molar-refractivity contribution in [1.29, 1.82) is 0 Å². The Balaban J connectivity index is 3.21. The Hall–Kier alpha value is -0.990. The van der Waals surface area contributed by atoms with Crippen LogP contribution in [0.2, 0.25) is 0 Å². The lowest BCUT2D eigenvalue weighted by Gasteiger charge is -2.02. The van der Waals surface area contributed by atoms with Crippen LogP contribution in [0.1, 0.15) is 25.7 Å². The van der Waals surface area contributed by atoms with Crippen molar-refractivity contribution in [2.45, 2.75) is 25.7 Å². The lowest BCUT2D eigenvalue weighted by molar-refractivity contribution is -0.140. The Labute approximate surface area is 73.9 Å². The van der Waals surface area contributed by atoms with Crippen molar-refractivity contribution in [3.63, 3.8) is 0 Å². The number of methoxy groups -OCH3 is 2. The molecular weight excluding hydrogens is 154 g/mol. The summed E-state index contributed by atoms with van der Waals surface area (Å²) in [5.41, 5.74) is 0. The first-order valence-electron chi connectivity index (χ1n) is 4.07. The maximum absolute atomic E-state index is 5.46. The first kappa shape index (κ1) is 11.0. The van der Waals surface area contributed by atoms with Gasteiger partial charge in [0.15, 0.2) is 0 Å². The van der Waals surface area contributed by atoms with E-state index in [1.54, 1.807) is 14.2 Å². The van der Waals surface area contributed by atoms with Crippen LogP contribution in [-0.4, -0.2) is 20.1 Å². The highest BCUT2D eigenvalue weighted by molar-refractivity contribution is 5.68. The maximum Gasteiger partial charge on any atom is 0.332 e. The second-order valence-electron chi connectivity index (χ2n) is 2.62. The van der Waals surface area contributed by atoms with Gasteiger partial charge in [0.05, 0.1) is 26.4 Å². The van der Waals surface area contributed by atoms with Crippen molar-refractivity contribution in [3.05, 3.63) is 12.3 Å². The first-order valence-corrected chi connectivity index (χ1v) is 4.07. The summed E-state index contributed by atoms with van der Waals surface area (Å²) < 4.78 is 9.74. The minimum Gasteiger partial charge on any atom is -0.502 e. The van der Waals surface area contributed by atoms with E-state index in [4.69, 9.17) is 14.9 Å². The predicted octanol–water partition coefficient (Wildman–Crippen LogP) is 0.511. The molecule has 3 heteroatoms. The van der Waals surface area contributed by atoms with Gasteiger partial charge in [-0.25, -0.2) is 5.41 Å². The van der Waals surface area contributed by atoms with E-state index in [1.807, 2.05) is 0 Å². The zero-order valence-corrected chi connectivity index (χ0v) is 7.93. The summed E-state index contributed by atoms with van der Waals surface area (Å²) in [6.07, 6.45) is 3.76. The van der Waals surface area contributed by atoms with E-state index in [9.17, 15) is 0 Å². The highest BCUT2D eigenvalue weighted by atomic mass is 16.5. The van der Waals surface area contributed by atoms with E-state index in [2.05, 4.69) is 6.58 Å². The largest absolute Gasteiger partial charge is 0.502 e. The molecule has 3 nitrogen and oxygen atoms in total. The molecule has 0 heterocycles. The summed E-state index contributed by atoms with van der Waals surface area (Å²) in [7, 11) is 3.22. The van der Waals surface area contributed by atoms with Gasteiger partial charge in [-0.05, 0) is 12.8 Å². The number of hydrogen-bond acceptors (Lipinski definition) is 2. The van der Waals surface area contributed by atoms with Gasteiger partial charge >= 0.3 is 5.90 Å². The van der Waals surface area contributed by atoms with Crippen LogP contribution in [0.15, 0.2) is 12.3 Å². The number of nitrogens with two attached hydrogens (primary N) is 1. The third-order valence-corrected chi connectivity index (χ3v) is 1.68.